The lowest BCUT2D eigenvalue weighted by atomic mass is 10.0. The lowest BCUT2D eigenvalue weighted by molar-refractivity contribution is -0.133. The first-order valence-corrected chi connectivity index (χ1v) is 13.0. The molecule has 1 N–H and O–H groups in total. The van der Waals surface area contributed by atoms with Gasteiger partial charge in [-0.15, -0.1) is 0 Å². The highest BCUT2D eigenvalue weighted by molar-refractivity contribution is 7.80. The number of carbonyl (C=O) groups excluding carboxylic acids is 1. The molecular formula is C22H30N2O2S3. The van der Waals surface area contributed by atoms with Gasteiger partial charge >= 0.3 is 0 Å². The predicted molar refractivity (Wildman–Crippen MR) is 126 cm³/mol. The normalized spacial score (nSPS) is 15.0. The average molecular weight is 451 g/mol. The van der Waals surface area contributed by atoms with Gasteiger partial charge < -0.3 is 10.0 Å². The van der Waals surface area contributed by atoms with Crippen molar-refractivity contribution in [3.8, 4) is 16.2 Å². The second-order valence-corrected chi connectivity index (χ2v) is 10.4. The number of unbranched alkanes of at least 4 members (excludes halogenated alkanes) is 1. The highest BCUT2D eigenvalue weighted by Crippen LogP contribution is 2.37. The molecule has 0 unspecified atom stereocenters. The first-order valence-electron chi connectivity index (χ1n) is 10.5. The molecule has 0 atom stereocenters. The number of phenolic OH excluding ortho intramolecular Hbond substituents is 1. The van der Waals surface area contributed by atoms with Crippen LogP contribution in [0.15, 0.2) is 18.2 Å². The molecule has 1 aromatic heterocycles. The monoisotopic (exact) mass is 450 g/mol. The Morgan fingerprint density at radius 1 is 1.14 bits per heavy atom. The van der Waals surface area contributed by atoms with Crippen molar-refractivity contribution < 1.29 is 9.90 Å². The van der Waals surface area contributed by atoms with Crippen molar-refractivity contribution in [2.24, 2.45) is 0 Å². The summed E-state index contributed by atoms with van der Waals surface area (Å²) in [6, 6.07) is 5.93. The Hall–Kier alpha value is -1.28. The number of nitrogens with zero attached hydrogens (tertiary/aromatic N) is 2. The zero-order chi connectivity index (χ0) is 20.8. The van der Waals surface area contributed by atoms with Gasteiger partial charge in [0.2, 0.25) is 5.91 Å². The van der Waals surface area contributed by atoms with Crippen molar-refractivity contribution in [3.63, 3.8) is 0 Å². The van der Waals surface area contributed by atoms with Gasteiger partial charge in [0.05, 0.1) is 4.88 Å². The third-order valence-corrected chi connectivity index (χ3v) is 8.62. The van der Waals surface area contributed by atoms with Gasteiger partial charge in [0.25, 0.3) is 0 Å². The maximum atomic E-state index is 12.1. The number of phenols is 1. The standard InChI is InChI=1S/C22H30N2O2S3/c1-3-5-7-18-21(28-29-22(18)27)16-8-9-19(25)17(14-16)15-23-10-12-24(13-11-23)20(26)6-4-2/h8-9,14,25H,3-7,10-13,15H2,1-2H3. The molecule has 2 heterocycles. The van der Waals surface area contributed by atoms with E-state index in [1.54, 1.807) is 20.7 Å². The second-order valence-electron chi connectivity index (χ2n) is 7.62. The zero-order valence-corrected chi connectivity index (χ0v) is 19.7. The van der Waals surface area contributed by atoms with Crippen molar-refractivity contribution in [2.75, 3.05) is 26.2 Å². The van der Waals surface area contributed by atoms with E-state index >= 15 is 0 Å². The fourth-order valence-electron chi connectivity index (χ4n) is 3.69. The molecule has 3 rings (SSSR count). The third kappa shape index (κ3) is 5.66. The first kappa shape index (κ1) is 22.4. The summed E-state index contributed by atoms with van der Waals surface area (Å²) in [5.41, 5.74) is 3.39. The van der Waals surface area contributed by atoms with Crippen molar-refractivity contribution in [1.82, 2.24) is 9.80 Å². The molecule has 1 saturated heterocycles. The van der Waals surface area contributed by atoms with E-state index in [4.69, 9.17) is 12.2 Å². The van der Waals surface area contributed by atoms with E-state index < -0.39 is 0 Å². The van der Waals surface area contributed by atoms with Crippen LogP contribution >= 0.6 is 32.9 Å². The van der Waals surface area contributed by atoms with Gasteiger partial charge in [-0.05, 0) is 48.6 Å². The van der Waals surface area contributed by atoms with Gasteiger partial charge in [-0.2, -0.15) is 0 Å². The Balaban J connectivity index is 1.71. The number of aromatic hydroxyl groups is 1. The Kier molecular flexibility index (Phi) is 8.24. The number of rotatable bonds is 8. The van der Waals surface area contributed by atoms with Gasteiger partial charge in [0.1, 0.15) is 9.57 Å². The van der Waals surface area contributed by atoms with E-state index in [1.807, 2.05) is 24.0 Å². The lowest BCUT2D eigenvalue weighted by Gasteiger charge is -2.35. The molecule has 29 heavy (non-hydrogen) atoms. The molecule has 2 aromatic rings. The van der Waals surface area contributed by atoms with Crippen molar-refractivity contribution >= 4 is 38.8 Å². The van der Waals surface area contributed by atoms with E-state index in [2.05, 4.69) is 17.9 Å². The Morgan fingerprint density at radius 3 is 2.59 bits per heavy atom. The second kappa shape index (κ2) is 10.7. The van der Waals surface area contributed by atoms with E-state index in [1.165, 1.54) is 10.4 Å². The minimum Gasteiger partial charge on any atom is -0.508 e. The van der Waals surface area contributed by atoms with Crippen LogP contribution in [-0.2, 0) is 17.8 Å². The Labute approximate surface area is 186 Å². The zero-order valence-electron chi connectivity index (χ0n) is 17.3. The molecule has 1 amide bonds. The molecule has 1 fully saturated rings. The van der Waals surface area contributed by atoms with Crippen LogP contribution in [-0.4, -0.2) is 47.0 Å². The summed E-state index contributed by atoms with van der Waals surface area (Å²) in [4.78, 5) is 17.6. The summed E-state index contributed by atoms with van der Waals surface area (Å²) in [5, 5.41) is 10.4. The summed E-state index contributed by atoms with van der Waals surface area (Å²) >= 11 is 5.57. The van der Waals surface area contributed by atoms with Gasteiger partial charge in [0.15, 0.2) is 0 Å². The average Bonchev–Trinajstić information content (AvgIpc) is 3.09. The number of hydrogen-bond acceptors (Lipinski definition) is 6. The van der Waals surface area contributed by atoms with Crippen LogP contribution in [0.5, 0.6) is 5.75 Å². The highest BCUT2D eigenvalue weighted by Gasteiger charge is 2.21. The molecule has 0 radical (unpaired) electrons. The summed E-state index contributed by atoms with van der Waals surface area (Å²) in [6.45, 7) is 8.18. The predicted octanol–water partition coefficient (Wildman–Crippen LogP) is 5.70. The topological polar surface area (TPSA) is 43.8 Å². The van der Waals surface area contributed by atoms with Gasteiger partial charge in [-0.25, -0.2) is 0 Å². The number of piperazine rings is 1. The van der Waals surface area contributed by atoms with Crippen molar-refractivity contribution in [2.45, 2.75) is 52.5 Å². The van der Waals surface area contributed by atoms with Crippen molar-refractivity contribution in [1.29, 1.82) is 0 Å². The van der Waals surface area contributed by atoms with E-state index in [0.29, 0.717) is 18.7 Å². The van der Waals surface area contributed by atoms with Crippen LogP contribution < -0.4 is 0 Å². The maximum Gasteiger partial charge on any atom is 0.222 e. The van der Waals surface area contributed by atoms with Gasteiger partial charge in [-0.3, -0.25) is 9.69 Å². The SMILES string of the molecule is CCCCc1c(-c2ccc(O)c(CN3CCN(C(=O)CCC)CC3)c2)ssc1=S. The Morgan fingerprint density at radius 2 is 1.90 bits per heavy atom. The van der Waals surface area contributed by atoms with Gasteiger partial charge in [-0.1, -0.05) is 53.2 Å². The molecule has 0 saturated carbocycles. The number of benzene rings is 1. The molecule has 1 aliphatic heterocycles. The first-order chi connectivity index (χ1) is 14.0. The summed E-state index contributed by atoms with van der Waals surface area (Å²) in [5.74, 6) is 0.599. The van der Waals surface area contributed by atoms with Crippen LogP contribution in [0.4, 0.5) is 0 Å². The van der Waals surface area contributed by atoms with Crippen LogP contribution in [0.2, 0.25) is 0 Å². The fraction of sp³-hybridized carbons (Fsp3) is 0.545. The van der Waals surface area contributed by atoms with Crippen molar-refractivity contribution in [3.05, 3.63) is 33.1 Å². The molecule has 158 valence electrons. The van der Waals surface area contributed by atoms with Crippen LogP contribution in [0.25, 0.3) is 10.4 Å². The largest absolute Gasteiger partial charge is 0.508 e. The molecule has 0 aliphatic carbocycles. The number of amides is 1. The van der Waals surface area contributed by atoms with Crippen LogP contribution in [0, 0.1) is 3.82 Å². The molecule has 4 nitrogen and oxygen atoms in total. The molecule has 0 bridgehead atoms. The molecule has 1 aromatic carbocycles. The fourth-order valence-corrected chi connectivity index (χ4v) is 6.69. The molecule has 1 aliphatic rings. The summed E-state index contributed by atoms with van der Waals surface area (Å²) < 4.78 is 1.00. The number of hydrogen-bond donors (Lipinski definition) is 1. The van der Waals surface area contributed by atoms with Crippen LogP contribution in [0.1, 0.15) is 50.7 Å². The molecular weight excluding hydrogens is 420 g/mol. The summed E-state index contributed by atoms with van der Waals surface area (Å²) in [6.07, 6.45) is 4.86. The maximum absolute atomic E-state index is 12.1. The van der Waals surface area contributed by atoms with Crippen LogP contribution in [0.3, 0.4) is 0 Å². The summed E-state index contributed by atoms with van der Waals surface area (Å²) in [7, 11) is 3.42. The quantitative estimate of drug-likeness (QED) is 0.414. The molecule has 0 spiro atoms. The van der Waals surface area contributed by atoms with Gasteiger partial charge in [0, 0.05) is 44.7 Å². The lowest BCUT2D eigenvalue weighted by Crippen LogP contribution is -2.48. The molecule has 7 heteroatoms. The number of carbonyl (C=O) groups is 1. The third-order valence-electron chi connectivity index (χ3n) is 5.43. The smallest absolute Gasteiger partial charge is 0.222 e. The highest BCUT2D eigenvalue weighted by atomic mass is 32.9. The van der Waals surface area contributed by atoms with E-state index in [0.717, 1.165) is 66.8 Å². The minimum absolute atomic E-state index is 0.260. The van der Waals surface area contributed by atoms with E-state index in [-0.39, 0.29) is 5.91 Å². The minimum atomic E-state index is 0.260. The Bertz CT molecular complexity index is 882. The van der Waals surface area contributed by atoms with E-state index in [9.17, 15) is 9.90 Å².